The van der Waals surface area contributed by atoms with Crippen LogP contribution in [-0.4, -0.2) is 36.1 Å². The van der Waals surface area contributed by atoms with E-state index < -0.39 is 0 Å². The molecule has 0 heterocycles. The molecule has 0 aromatic heterocycles. The van der Waals surface area contributed by atoms with E-state index in [0.29, 0.717) is 12.1 Å². The van der Waals surface area contributed by atoms with Crippen LogP contribution in [0.5, 0.6) is 0 Å². The van der Waals surface area contributed by atoms with Crippen LogP contribution in [0.2, 0.25) is 0 Å². The second-order valence-electron chi connectivity index (χ2n) is 6.21. The van der Waals surface area contributed by atoms with Crippen LogP contribution in [0.3, 0.4) is 0 Å². The minimum absolute atomic E-state index is 0.223. The smallest absolute Gasteiger partial charge is 0.251 e. The highest BCUT2D eigenvalue weighted by molar-refractivity contribution is 5.81. The molecule has 2 fully saturated rings. The van der Waals surface area contributed by atoms with Crippen LogP contribution in [0.15, 0.2) is 0 Å². The molecule has 0 aliphatic heterocycles. The molecule has 0 aromatic rings. The lowest BCUT2D eigenvalue weighted by Gasteiger charge is -2.42. The topological polar surface area (TPSA) is 29.5 Å². The molecule has 2 aliphatic rings. The van der Waals surface area contributed by atoms with Crippen LogP contribution in [0.4, 0.5) is 0 Å². The van der Waals surface area contributed by atoms with Crippen LogP contribution in [0.1, 0.15) is 71.1 Å². The van der Waals surface area contributed by atoms with E-state index in [2.05, 4.69) is 4.90 Å². The molecule has 3 heteroatoms. The average molecular weight is 267 g/mol. The Kier molecular flexibility index (Phi) is 5.68. The number of hydrogen-bond donors (Lipinski definition) is 0. The van der Waals surface area contributed by atoms with Gasteiger partial charge >= 0.3 is 0 Å². The highest BCUT2D eigenvalue weighted by atomic mass is 16.5. The third kappa shape index (κ3) is 3.71. The van der Waals surface area contributed by atoms with Gasteiger partial charge in [-0.25, -0.2) is 0 Å². The Hall–Kier alpha value is -0.570. The van der Waals surface area contributed by atoms with Gasteiger partial charge in [-0.3, -0.25) is 4.79 Å². The highest BCUT2D eigenvalue weighted by Gasteiger charge is 2.34. The second kappa shape index (κ2) is 7.28. The maximum atomic E-state index is 12.7. The Labute approximate surface area is 117 Å². The molecule has 3 nitrogen and oxygen atoms in total. The summed E-state index contributed by atoms with van der Waals surface area (Å²) in [6.45, 7) is 1.89. The first-order chi connectivity index (χ1) is 9.24. The molecule has 1 amide bonds. The summed E-state index contributed by atoms with van der Waals surface area (Å²) in [5.41, 5.74) is 0. The molecule has 2 rings (SSSR count). The molecule has 2 aliphatic carbocycles. The van der Waals surface area contributed by atoms with Gasteiger partial charge in [-0.1, -0.05) is 38.5 Å². The molecule has 0 N–H and O–H groups in total. The summed E-state index contributed by atoms with van der Waals surface area (Å²) >= 11 is 0. The van der Waals surface area contributed by atoms with Crippen LogP contribution in [0, 0.1) is 0 Å². The van der Waals surface area contributed by atoms with Crippen molar-refractivity contribution in [3.8, 4) is 0 Å². The number of carbonyl (C=O) groups is 1. The molecule has 19 heavy (non-hydrogen) atoms. The summed E-state index contributed by atoms with van der Waals surface area (Å²) in [5, 5.41) is 0. The zero-order valence-electron chi connectivity index (χ0n) is 12.6. The molecule has 0 bridgehead atoms. The highest BCUT2D eigenvalue weighted by Crippen LogP contribution is 2.30. The quantitative estimate of drug-likeness (QED) is 0.780. The number of amides is 1. The summed E-state index contributed by atoms with van der Waals surface area (Å²) in [5.74, 6) is 0.223. The van der Waals surface area contributed by atoms with Gasteiger partial charge in [-0.15, -0.1) is 0 Å². The molecular weight excluding hydrogens is 238 g/mol. The van der Waals surface area contributed by atoms with E-state index in [4.69, 9.17) is 4.74 Å². The van der Waals surface area contributed by atoms with Gasteiger partial charge in [0.1, 0.15) is 6.10 Å². The van der Waals surface area contributed by atoms with Crippen LogP contribution in [-0.2, 0) is 9.53 Å². The first-order valence-electron chi connectivity index (χ1n) is 8.09. The maximum absolute atomic E-state index is 12.7. The summed E-state index contributed by atoms with van der Waals surface area (Å²) < 4.78 is 5.28. The first-order valence-corrected chi connectivity index (χ1v) is 8.09. The Bertz CT molecular complexity index is 262. The van der Waals surface area contributed by atoms with E-state index >= 15 is 0 Å². The standard InChI is InChI=1S/C16H29NO2/c1-13(19-2)16(18)17(14-9-5-3-6-10-14)15-11-7-4-8-12-15/h13-15H,3-12H2,1-2H3. The van der Waals surface area contributed by atoms with Gasteiger partial charge in [0.05, 0.1) is 0 Å². The van der Waals surface area contributed by atoms with Crippen molar-refractivity contribution in [2.24, 2.45) is 0 Å². The predicted molar refractivity (Wildman–Crippen MR) is 77.1 cm³/mol. The molecule has 0 aromatic carbocycles. The number of nitrogens with zero attached hydrogens (tertiary/aromatic N) is 1. The Morgan fingerprint density at radius 1 is 0.947 bits per heavy atom. The van der Waals surface area contributed by atoms with Gasteiger partial charge < -0.3 is 9.64 Å². The van der Waals surface area contributed by atoms with E-state index in [9.17, 15) is 4.79 Å². The van der Waals surface area contributed by atoms with Crippen molar-refractivity contribution in [3.63, 3.8) is 0 Å². The SMILES string of the molecule is COC(C)C(=O)N(C1CCCCC1)C1CCCCC1. The molecule has 110 valence electrons. The minimum atomic E-state index is -0.288. The van der Waals surface area contributed by atoms with Crippen LogP contribution < -0.4 is 0 Å². The van der Waals surface area contributed by atoms with Crippen LogP contribution in [0.25, 0.3) is 0 Å². The zero-order chi connectivity index (χ0) is 13.7. The van der Waals surface area contributed by atoms with Gasteiger partial charge in [-0.05, 0) is 32.6 Å². The number of hydrogen-bond acceptors (Lipinski definition) is 2. The van der Waals surface area contributed by atoms with E-state index in [1.165, 1.54) is 64.2 Å². The number of ether oxygens (including phenoxy) is 1. The Morgan fingerprint density at radius 2 is 1.37 bits per heavy atom. The van der Waals surface area contributed by atoms with Gasteiger partial charge in [0.25, 0.3) is 5.91 Å². The number of rotatable bonds is 4. The fourth-order valence-corrected chi connectivity index (χ4v) is 3.69. The van der Waals surface area contributed by atoms with Crippen molar-refractivity contribution in [3.05, 3.63) is 0 Å². The fraction of sp³-hybridized carbons (Fsp3) is 0.938. The number of methoxy groups -OCH3 is 1. The van der Waals surface area contributed by atoms with E-state index in [1.807, 2.05) is 6.92 Å². The first kappa shape index (κ1) is 14.8. The van der Waals surface area contributed by atoms with Crippen molar-refractivity contribution >= 4 is 5.91 Å². The third-order valence-electron chi connectivity index (χ3n) is 4.89. The number of carbonyl (C=O) groups excluding carboxylic acids is 1. The summed E-state index contributed by atoms with van der Waals surface area (Å²) in [4.78, 5) is 14.9. The monoisotopic (exact) mass is 267 g/mol. The summed E-state index contributed by atoms with van der Waals surface area (Å²) in [7, 11) is 1.64. The average Bonchev–Trinajstić information content (AvgIpc) is 2.49. The van der Waals surface area contributed by atoms with E-state index in [-0.39, 0.29) is 12.0 Å². The molecular formula is C16H29NO2. The van der Waals surface area contributed by atoms with Crippen molar-refractivity contribution in [2.75, 3.05) is 7.11 Å². The van der Waals surface area contributed by atoms with Gasteiger partial charge in [0.15, 0.2) is 0 Å². The van der Waals surface area contributed by atoms with Gasteiger partial charge in [0, 0.05) is 19.2 Å². The maximum Gasteiger partial charge on any atom is 0.251 e. The zero-order valence-corrected chi connectivity index (χ0v) is 12.6. The lowest BCUT2D eigenvalue weighted by atomic mass is 9.88. The largest absolute Gasteiger partial charge is 0.372 e. The Balaban J connectivity index is 2.08. The third-order valence-corrected chi connectivity index (χ3v) is 4.89. The van der Waals surface area contributed by atoms with Crippen molar-refractivity contribution in [1.82, 2.24) is 4.90 Å². The molecule has 0 spiro atoms. The van der Waals surface area contributed by atoms with Crippen molar-refractivity contribution in [2.45, 2.75) is 89.3 Å². The lowest BCUT2D eigenvalue weighted by Crippen LogP contribution is -2.52. The molecule has 0 radical (unpaired) electrons. The van der Waals surface area contributed by atoms with Gasteiger partial charge in [0.2, 0.25) is 0 Å². The van der Waals surface area contributed by atoms with Crippen molar-refractivity contribution in [1.29, 1.82) is 0 Å². The van der Waals surface area contributed by atoms with E-state index in [1.54, 1.807) is 7.11 Å². The van der Waals surface area contributed by atoms with Gasteiger partial charge in [-0.2, -0.15) is 0 Å². The predicted octanol–water partition coefficient (Wildman–Crippen LogP) is 3.52. The molecule has 2 saturated carbocycles. The fourth-order valence-electron chi connectivity index (χ4n) is 3.69. The van der Waals surface area contributed by atoms with Crippen LogP contribution >= 0.6 is 0 Å². The molecule has 0 saturated heterocycles. The van der Waals surface area contributed by atoms with E-state index in [0.717, 1.165) is 0 Å². The summed E-state index contributed by atoms with van der Waals surface area (Å²) in [6.07, 6.45) is 12.3. The Morgan fingerprint density at radius 3 is 1.74 bits per heavy atom. The van der Waals surface area contributed by atoms with Crippen molar-refractivity contribution < 1.29 is 9.53 Å². The normalized spacial score (nSPS) is 24.1. The summed E-state index contributed by atoms with van der Waals surface area (Å²) in [6, 6.07) is 0.948. The molecule has 1 unspecified atom stereocenters. The lowest BCUT2D eigenvalue weighted by molar-refractivity contribution is -0.148. The minimum Gasteiger partial charge on any atom is -0.372 e. The molecule has 1 atom stereocenters. The second-order valence-corrected chi connectivity index (χ2v) is 6.21.